The summed E-state index contributed by atoms with van der Waals surface area (Å²) in [6.45, 7) is 3.62. The quantitative estimate of drug-likeness (QED) is 0.701. The third kappa shape index (κ3) is 1.83. The van der Waals surface area contributed by atoms with Gasteiger partial charge in [-0.25, -0.2) is 0 Å². The number of benzene rings is 1. The van der Waals surface area contributed by atoms with Gasteiger partial charge < -0.3 is 5.73 Å². The van der Waals surface area contributed by atoms with E-state index in [1.54, 1.807) is 11.1 Å². The van der Waals surface area contributed by atoms with Crippen LogP contribution >= 0.6 is 12.2 Å². The molecule has 1 aromatic rings. The van der Waals surface area contributed by atoms with Gasteiger partial charge in [0.05, 0.1) is 0 Å². The normalized spacial score (nSPS) is 9.00. The number of nitrogens with zero attached hydrogens (tertiary/aromatic N) is 1. The van der Waals surface area contributed by atoms with Crippen LogP contribution in [0.1, 0.15) is 0 Å². The van der Waals surface area contributed by atoms with Crippen LogP contribution in [0.5, 0.6) is 0 Å². The molecule has 0 radical (unpaired) electrons. The molecule has 0 aliphatic carbocycles. The molecule has 0 aromatic heterocycles. The third-order valence-corrected chi connectivity index (χ3v) is 1.65. The number of hydrogen-bond acceptors (Lipinski definition) is 1. The molecule has 0 saturated heterocycles. The van der Waals surface area contributed by atoms with Crippen molar-refractivity contribution in [3.8, 4) is 0 Å². The zero-order valence-electron chi connectivity index (χ0n) is 6.60. The number of rotatable bonds is 2. The highest BCUT2D eigenvalue weighted by atomic mass is 32.1. The van der Waals surface area contributed by atoms with Gasteiger partial charge in [-0.2, -0.15) is 0 Å². The highest BCUT2D eigenvalue weighted by molar-refractivity contribution is 7.80. The Morgan fingerprint density at radius 2 is 2.00 bits per heavy atom. The topological polar surface area (TPSA) is 29.3 Å². The van der Waals surface area contributed by atoms with E-state index >= 15 is 0 Å². The summed E-state index contributed by atoms with van der Waals surface area (Å²) in [5, 5.41) is 0.302. The van der Waals surface area contributed by atoms with E-state index < -0.39 is 0 Å². The first-order valence-electron chi connectivity index (χ1n) is 3.52. The standard InChI is InChI=1S/C9H10N2S/c1-2-11(9(10)12)8-6-4-3-5-7-8/h2-7H,1H2,(H2,10,12). The molecule has 1 aromatic carbocycles. The van der Waals surface area contributed by atoms with Gasteiger partial charge in [-0.3, -0.25) is 4.90 Å². The van der Waals surface area contributed by atoms with Gasteiger partial charge in [-0.05, 0) is 24.4 Å². The first kappa shape index (κ1) is 8.74. The summed E-state index contributed by atoms with van der Waals surface area (Å²) in [5.74, 6) is 0. The van der Waals surface area contributed by atoms with Crippen molar-refractivity contribution in [2.75, 3.05) is 4.90 Å². The van der Waals surface area contributed by atoms with Gasteiger partial charge in [0.15, 0.2) is 5.11 Å². The second-order valence-corrected chi connectivity index (χ2v) is 2.64. The Labute approximate surface area is 77.3 Å². The molecule has 0 bridgehead atoms. The Kier molecular flexibility index (Phi) is 2.82. The summed E-state index contributed by atoms with van der Waals surface area (Å²) in [6, 6.07) is 9.61. The maximum absolute atomic E-state index is 5.47. The van der Waals surface area contributed by atoms with Gasteiger partial charge in [-0.1, -0.05) is 24.8 Å². The Morgan fingerprint density at radius 3 is 2.42 bits per heavy atom. The first-order chi connectivity index (χ1) is 5.75. The molecule has 0 aliphatic rings. The molecule has 0 heterocycles. The Morgan fingerprint density at radius 1 is 1.42 bits per heavy atom. The van der Waals surface area contributed by atoms with Crippen LogP contribution in [0.2, 0.25) is 0 Å². The zero-order valence-corrected chi connectivity index (χ0v) is 7.42. The van der Waals surface area contributed by atoms with Crippen molar-refractivity contribution in [1.29, 1.82) is 0 Å². The second-order valence-electron chi connectivity index (χ2n) is 2.23. The summed E-state index contributed by atoms with van der Waals surface area (Å²) in [4.78, 5) is 1.65. The lowest BCUT2D eigenvalue weighted by atomic mass is 10.3. The second kappa shape index (κ2) is 3.88. The molecule has 0 saturated carbocycles. The fourth-order valence-corrected chi connectivity index (χ4v) is 1.09. The summed E-state index contributed by atoms with van der Waals surface area (Å²) < 4.78 is 0. The lowest BCUT2D eigenvalue weighted by Gasteiger charge is -2.16. The van der Waals surface area contributed by atoms with Crippen LogP contribution < -0.4 is 10.6 Å². The lowest BCUT2D eigenvalue weighted by Crippen LogP contribution is -2.30. The van der Waals surface area contributed by atoms with E-state index in [1.807, 2.05) is 30.3 Å². The maximum atomic E-state index is 5.47. The average Bonchev–Trinajstić information content (AvgIpc) is 2.07. The van der Waals surface area contributed by atoms with E-state index in [4.69, 9.17) is 18.0 Å². The highest BCUT2D eigenvalue weighted by Gasteiger charge is 2.02. The van der Waals surface area contributed by atoms with Gasteiger partial charge in [-0.15, -0.1) is 0 Å². The SMILES string of the molecule is C=CN(C(N)=S)c1ccccc1. The number of hydrogen-bond donors (Lipinski definition) is 1. The third-order valence-electron chi connectivity index (χ3n) is 1.45. The molecule has 12 heavy (non-hydrogen) atoms. The average molecular weight is 178 g/mol. The molecule has 0 spiro atoms. The van der Waals surface area contributed by atoms with E-state index in [-0.39, 0.29) is 0 Å². The first-order valence-corrected chi connectivity index (χ1v) is 3.93. The van der Waals surface area contributed by atoms with Crippen LogP contribution in [0.15, 0.2) is 43.1 Å². The summed E-state index contributed by atoms with van der Waals surface area (Å²) in [5.41, 5.74) is 6.40. The molecule has 0 unspecified atom stereocenters. The van der Waals surface area contributed by atoms with Gasteiger partial charge in [0.2, 0.25) is 0 Å². The lowest BCUT2D eigenvalue weighted by molar-refractivity contribution is 1.35. The van der Waals surface area contributed by atoms with Crippen molar-refractivity contribution in [1.82, 2.24) is 0 Å². The fraction of sp³-hybridized carbons (Fsp3) is 0. The zero-order chi connectivity index (χ0) is 8.97. The van der Waals surface area contributed by atoms with Crippen molar-refractivity contribution in [3.63, 3.8) is 0 Å². The van der Waals surface area contributed by atoms with Crippen LogP contribution in [0.3, 0.4) is 0 Å². The number of thiocarbonyl (C=S) groups is 1. The van der Waals surface area contributed by atoms with Crippen molar-refractivity contribution in [2.45, 2.75) is 0 Å². The molecule has 1 rings (SSSR count). The monoisotopic (exact) mass is 178 g/mol. The minimum Gasteiger partial charge on any atom is -0.376 e. The molecular weight excluding hydrogens is 168 g/mol. The Bertz CT molecular complexity index is 282. The molecule has 2 N–H and O–H groups in total. The largest absolute Gasteiger partial charge is 0.376 e. The number of anilines is 1. The maximum Gasteiger partial charge on any atom is 0.174 e. The van der Waals surface area contributed by atoms with Gasteiger partial charge in [0.25, 0.3) is 0 Å². The van der Waals surface area contributed by atoms with E-state index in [1.165, 1.54) is 0 Å². The van der Waals surface area contributed by atoms with Crippen LogP contribution in [-0.4, -0.2) is 5.11 Å². The molecule has 3 heteroatoms. The van der Waals surface area contributed by atoms with E-state index in [0.717, 1.165) is 5.69 Å². The predicted molar refractivity (Wildman–Crippen MR) is 55.9 cm³/mol. The van der Waals surface area contributed by atoms with Crippen molar-refractivity contribution in [2.24, 2.45) is 5.73 Å². The van der Waals surface area contributed by atoms with Crippen LogP contribution in [0.4, 0.5) is 5.69 Å². The number of nitrogens with two attached hydrogens (primary N) is 1. The fourth-order valence-electron chi connectivity index (χ4n) is 0.911. The predicted octanol–water partition coefficient (Wildman–Crippen LogP) is 1.88. The van der Waals surface area contributed by atoms with Crippen LogP contribution in [-0.2, 0) is 0 Å². The molecule has 62 valence electrons. The molecular formula is C9H10N2S. The van der Waals surface area contributed by atoms with Crippen molar-refractivity contribution < 1.29 is 0 Å². The molecule has 0 fully saturated rings. The highest BCUT2D eigenvalue weighted by Crippen LogP contribution is 2.12. The van der Waals surface area contributed by atoms with E-state index in [2.05, 4.69) is 6.58 Å². The smallest absolute Gasteiger partial charge is 0.174 e. The van der Waals surface area contributed by atoms with Gasteiger partial charge in [0.1, 0.15) is 0 Å². The van der Waals surface area contributed by atoms with E-state index in [0.29, 0.717) is 5.11 Å². The van der Waals surface area contributed by atoms with Crippen LogP contribution in [0, 0.1) is 0 Å². The van der Waals surface area contributed by atoms with Crippen molar-refractivity contribution in [3.05, 3.63) is 43.1 Å². The molecule has 0 aliphatic heterocycles. The van der Waals surface area contributed by atoms with Crippen LogP contribution in [0.25, 0.3) is 0 Å². The van der Waals surface area contributed by atoms with Crippen molar-refractivity contribution >= 4 is 23.0 Å². The molecule has 0 amide bonds. The minimum absolute atomic E-state index is 0.302. The summed E-state index contributed by atoms with van der Waals surface area (Å²) in [6.07, 6.45) is 1.59. The molecule has 2 nitrogen and oxygen atoms in total. The Balaban J connectivity index is 2.95. The minimum atomic E-state index is 0.302. The number of para-hydroxylation sites is 1. The summed E-state index contributed by atoms with van der Waals surface area (Å²) >= 11 is 4.83. The molecule has 0 atom stereocenters. The summed E-state index contributed by atoms with van der Waals surface area (Å²) in [7, 11) is 0. The van der Waals surface area contributed by atoms with E-state index in [9.17, 15) is 0 Å². The van der Waals surface area contributed by atoms with Gasteiger partial charge in [0, 0.05) is 11.9 Å². The Hall–Kier alpha value is -1.35. The van der Waals surface area contributed by atoms with Gasteiger partial charge >= 0.3 is 0 Å².